The number of hydrogen-bond donors (Lipinski definition) is 1. The number of H-pyrrole nitrogens is 1. The summed E-state index contributed by atoms with van der Waals surface area (Å²) in [5, 5.41) is -1.06. The number of nitrogens with zero attached hydrogens (tertiary/aromatic N) is 1. The van der Waals surface area contributed by atoms with Crippen molar-refractivity contribution in [2.24, 2.45) is 5.92 Å². The molecule has 39 heavy (non-hydrogen) atoms. The van der Waals surface area contributed by atoms with Gasteiger partial charge in [-0.1, -0.05) is 96.8 Å². The van der Waals surface area contributed by atoms with Gasteiger partial charge in [0.05, 0.1) is 26.0 Å². The van der Waals surface area contributed by atoms with Crippen LogP contribution < -0.4 is 103 Å². The van der Waals surface area contributed by atoms with Gasteiger partial charge in [0.2, 0.25) is 0 Å². The van der Waals surface area contributed by atoms with Gasteiger partial charge in [-0.2, -0.15) is 0 Å². The normalized spacial score (nSPS) is 13.5. The molecule has 0 saturated carbocycles. The van der Waals surface area contributed by atoms with Crippen molar-refractivity contribution in [3.05, 3.63) is 24.0 Å². The van der Waals surface area contributed by atoms with Crippen LogP contribution in [0.3, 0.4) is 0 Å². The molecule has 0 bridgehead atoms. The number of imidazole rings is 1. The third-order valence-electron chi connectivity index (χ3n) is 7.29. The molecule has 0 aliphatic rings. The first-order valence-electron chi connectivity index (χ1n) is 13.9. The van der Waals surface area contributed by atoms with Crippen LogP contribution in [0.1, 0.15) is 116 Å². The monoisotopic (exact) mass is 634 g/mol. The minimum atomic E-state index is -4.59. The summed E-state index contributed by atoms with van der Waals surface area (Å²) in [5.41, 5.74) is 0.870. The summed E-state index contributed by atoms with van der Waals surface area (Å²) < 4.78 is 69.1. The topological polar surface area (TPSA) is 143 Å². The molecule has 2 unspecified atom stereocenters. The van der Waals surface area contributed by atoms with Crippen molar-refractivity contribution < 1.29 is 129 Å². The van der Waals surface area contributed by atoms with E-state index >= 15 is 0 Å². The zero-order valence-corrected chi connectivity index (χ0v) is 32.3. The third kappa shape index (κ3) is 16.4. The molecular weight excluding hydrogens is 591 g/mol. The molecule has 1 aromatic carbocycles. The van der Waals surface area contributed by atoms with Crippen LogP contribution >= 0.6 is 0 Å². The van der Waals surface area contributed by atoms with E-state index in [1.54, 1.807) is 0 Å². The van der Waals surface area contributed by atoms with Gasteiger partial charge in [0.25, 0.3) is 0 Å². The molecule has 12 heteroatoms. The van der Waals surface area contributed by atoms with Crippen molar-refractivity contribution in [2.45, 2.75) is 127 Å². The summed E-state index contributed by atoms with van der Waals surface area (Å²) in [4.78, 5) is 7.04. The van der Waals surface area contributed by atoms with E-state index in [0.717, 1.165) is 19.3 Å². The first kappa shape index (κ1) is 40.8. The summed E-state index contributed by atoms with van der Waals surface area (Å²) in [6.07, 6.45) is 18.1. The first-order chi connectivity index (χ1) is 17.5. The molecule has 2 rings (SSSR count). The van der Waals surface area contributed by atoms with Gasteiger partial charge >= 0.3 is 103 Å². The van der Waals surface area contributed by atoms with Crippen molar-refractivity contribution in [1.29, 1.82) is 0 Å². The molecular formula is C27H44K2N2O6S2. The maximum atomic E-state index is 11.8. The molecule has 0 saturated heterocycles. The van der Waals surface area contributed by atoms with E-state index in [0.29, 0.717) is 23.3 Å². The van der Waals surface area contributed by atoms with Gasteiger partial charge in [-0.15, -0.1) is 0 Å². The molecule has 1 aromatic heterocycles. The van der Waals surface area contributed by atoms with Gasteiger partial charge in [0.15, 0.2) is 0 Å². The van der Waals surface area contributed by atoms with Gasteiger partial charge in [-0.25, -0.2) is 21.8 Å². The predicted molar refractivity (Wildman–Crippen MR) is 145 cm³/mol. The van der Waals surface area contributed by atoms with E-state index < -0.39 is 31.4 Å². The van der Waals surface area contributed by atoms with Crippen LogP contribution in [0.25, 0.3) is 11.0 Å². The number of fused-ring (bicyclic) bond motifs is 1. The molecule has 0 fully saturated rings. The van der Waals surface area contributed by atoms with E-state index in [1.807, 2.05) is 0 Å². The van der Waals surface area contributed by atoms with Crippen LogP contribution in [-0.4, -0.2) is 41.2 Å². The van der Waals surface area contributed by atoms with Crippen molar-refractivity contribution >= 4 is 31.3 Å². The Morgan fingerprint density at radius 1 is 0.795 bits per heavy atom. The Balaban J connectivity index is 0.00000722. The van der Waals surface area contributed by atoms with Crippen LogP contribution in [-0.2, 0) is 26.7 Å². The SMILES string of the molecule is CCCCCCCCCCCCCCCCC(Cc1nc2ccc(S(=O)(=O)[O-])cc2[nH]1)C(C)S(=O)(=O)[O-].[K+].[K+]. The number of unbranched alkanes of at least 4 members (excludes halogenated alkanes) is 13. The van der Waals surface area contributed by atoms with E-state index in [2.05, 4.69) is 16.9 Å². The third-order valence-corrected chi connectivity index (χ3v) is 9.42. The number of aromatic nitrogens is 2. The van der Waals surface area contributed by atoms with Gasteiger partial charge < -0.3 is 14.1 Å². The smallest absolute Gasteiger partial charge is 0.748 e. The Morgan fingerprint density at radius 2 is 1.28 bits per heavy atom. The second-order valence-corrected chi connectivity index (χ2v) is 13.5. The second kappa shape index (κ2) is 21.5. The predicted octanol–water partition coefficient (Wildman–Crippen LogP) is 0.439. The van der Waals surface area contributed by atoms with Gasteiger partial charge in [0.1, 0.15) is 15.9 Å². The van der Waals surface area contributed by atoms with Crippen LogP contribution in [0.15, 0.2) is 23.1 Å². The molecule has 0 aliphatic carbocycles. The fourth-order valence-corrected chi connectivity index (χ4v) is 6.08. The Bertz CT molecular complexity index is 1160. The van der Waals surface area contributed by atoms with Crippen molar-refractivity contribution in [2.75, 3.05) is 0 Å². The zero-order chi connectivity index (χ0) is 27.3. The Labute approximate surface area is 321 Å². The van der Waals surface area contributed by atoms with E-state index in [9.17, 15) is 25.9 Å². The Hall–Kier alpha value is 1.78. The minimum Gasteiger partial charge on any atom is -0.748 e. The second-order valence-electron chi connectivity index (χ2n) is 10.4. The standard InChI is InChI=1S/C27H46N2O6S2.2K/c1-3-4-5-6-7-8-9-10-11-12-13-14-15-16-17-23(22(2)36(30,31)32)20-27-28-25-19-18-24(37(33,34)35)21-26(25)29-27;;/h18-19,21-23H,3-17,20H2,1-2H3,(H,28,29)(H,30,31,32)(H,33,34,35);;/q;2*+1/p-2. The minimum absolute atomic E-state index is 0. The fraction of sp³-hybridized carbons (Fsp3) is 0.741. The molecule has 0 amide bonds. The molecule has 0 radical (unpaired) electrons. The number of aromatic amines is 1. The van der Waals surface area contributed by atoms with Gasteiger partial charge in [0, 0.05) is 11.7 Å². The number of nitrogens with one attached hydrogen (secondary N) is 1. The van der Waals surface area contributed by atoms with Crippen LogP contribution in [0, 0.1) is 5.92 Å². The van der Waals surface area contributed by atoms with Crippen LogP contribution in [0.5, 0.6) is 0 Å². The molecule has 2 atom stereocenters. The molecule has 8 nitrogen and oxygen atoms in total. The number of benzene rings is 1. The first-order valence-corrected chi connectivity index (χ1v) is 16.8. The quantitative estimate of drug-likeness (QED) is 0.127. The van der Waals surface area contributed by atoms with Crippen LogP contribution in [0.2, 0.25) is 0 Å². The fourth-order valence-electron chi connectivity index (χ4n) is 4.88. The largest absolute Gasteiger partial charge is 1.00 e. The molecule has 0 spiro atoms. The van der Waals surface area contributed by atoms with Gasteiger partial charge in [-0.3, -0.25) is 0 Å². The summed E-state index contributed by atoms with van der Waals surface area (Å²) in [7, 11) is -9.05. The van der Waals surface area contributed by atoms with E-state index in [-0.39, 0.29) is 114 Å². The van der Waals surface area contributed by atoms with E-state index in [1.165, 1.54) is 95.8 Å². The average Bonchev–Trinajstić information content (AvgIpc) is 3.23. The zero-order valence-electron chi connectivity index (χ0n) is 24.4. The summed E-state index contributed by atoms with van der Waals surface area (Å²) in [5.74, 6) is 0.0735. The van der Waals surface area contributed by atoms with Crippen molar-refractivity contribution in [3.63, 3.8) is 0 Å². The Morgan fingerprint density at radius 3 is 1.74 bits per heavy atom. The maximum Gasteiger partial charge on any atom is 1.00 e. The summed E-state index contributed by atoms with van der Waals surface area (Å²) in [6, 6.07) is 3.87. The van der Waals surface area contributed by atoms with Crippen molar-refractivity contribution in [3.8, 4) is 0 Å². The summed E-state index contributed by atoms with van der Waals surface area (Å²) in [6.45, 7) is 3.69. The van der Waals surface area contributed by atoms with Crippen LogP contribution in [0.4, 0.5) is 0 Å². The molecule has 2 aromatic rings. The Kier molecular flexibility index (Phi) is 22.5. The average molecular weight is 635 g/mol. The molecule has 212 valence electrons. The summed E-state index contributed by atoms with van der Waals surface area (Å²) >= 11 is 0. The van der Waals surface area contributed by atoms with Crippen molar-refractivity contribution in [1.82, 2.24) is 9.97 Å². The molecule has 1 N–H and O–H groups in total. The number of rotatable bonds is 20. The molecule has 0 aliphatic heterocycles. The van der Waals surface area contributed by atoms with Gasteiger partial charge in [-0.05, 0) is 37.5 Å². The van der Waals surface area contributed by atoms with E-state index in [4.69, 9.17) is 0 Å². The number of hydrogen-bond acceptors (Lipinski definition) is 7. The molecule has 1 heterocycles. The maximum absolute atomic E-state index is 11.8.